The highest BCUT2D eigenvalue weighted by Crippen LogP contribution is 2.68. The maximum atomic E-state index is 12.3. The molecule has 0 aromatic rings. The van der Waals surface area contributed by atoms with Crippen LogP contribution < -0.4 is 5.32 Å². The van der Waals surface area contributed by atoms with E-state index in [0.29, 0.717) is 29.1 Å². The summed E-state index contributed by atoms with van der Waals surface area (Å²) in [5.74, 6) is 0.864. The molecule has 1 heterocycles. The van der Waals surface area contributed by atoms with Gasteiger partial charge in [0.1, 0.15) is 12.2 Å². The Morgan fingerprint density at radius 3 is 2.47 bits per heavy atom. The van der Waals surface area contributed by atoms with Gasteiger partial charge in [0.2, 0.25) is 0 Å². The lowest BCUT2D eigenvalue weighted by molar-refractivity contribution is -0.160. The van der Waals surface area contributed by atoms with E-state index < -0.39 is 11.9 Å². The van der Waals surface area contributed by atoms with Crippen LogP contribution in [0.1, 0.15) is 85.5 Å². The normalized spacial score (nSPS) is 44.6. The summed E-state index contributed by atoms with van der Waals surface area (Å²) in [6.45, 7) is 11.6. The lowest BCUT2D eigenvalue weighted by atomic mass is 9.41. The van der Waals surface area contributed by atoms with Crippen LogP contribution in [0.15, 0.2) is 17.3 Å². The van der Waals surface area contributed by atoms with E-state index in [4.69, 9.17) is 19.8 Å². The van der Waals surface area contributed by atoms with Gasteiger partial charge in [-0.1, -0.05) is 32.9 Å². The summed E-state index contributed by atoms with van der Waals surface area (Å²) < 4.78 is 5.84. The molecule has 0 amide bonds. The fourth-order valence-corrected chi connectivity index (χ4v) is 9.40. The van der Waals surface area contributed by atoms with E-state index in [9.17, 15) is 9.59 Å². The fraction of sp³-hybridized carbons (Fsp3) is 0.828. The highest BCUT2D eigenvalue weighted by molar-refractivity contribution is 5.91. The molecule has 5 aliphatic rings. The third kappa shape index (κ3) is 4.29. The minimum Gasteiger partial charge on any atom is -0.478 e. The summed E-state index contributed by atoms with van der Waals surface area (Å²) in [5.41, 5.74) is 1.56. The van der Waals surface area contributed by atoms with E-state index in [0.717, 1.165) is 57.3 Å². The predicted molar refractivity (Wildman–Crippen MR) is 137 cm³/mol. The molecule has 5 fully saturated rings. The van der Waals surface area contributed by atoms with Crippen molar-refractivity contribution in [3.8, 4) is 0 Å². The van der Waals surface area contributed by atoms with E-state index in [1.807, 2.05) is 0 Å². The van der Waals surface area contributed by atoms with Gasteiger partial charge in [0.15, 0.2) is 0 Å². The number of carboxylic acids is 1. The number of fused-ring (bicyclic) bond motifs is 5. The van der Waals surface area contributed by atoms with Crippen molar-refractivity contribution >= 4 is 17.7 Å². The van der Waals surface area contributed by atoms with Gasteiger partial charge in [-0.25, -0.2) is 9.59 Å². The zero-order chi connectivity index (χ0) is 25.7. The van der Waals surface area contributed by atoms with Crippen LogP contribution in [0.4, 0.5) is 0 Å². The number of carbonyl (C=O) groups excluding carboxylic acids is 1. The Hall–Kier alpha value is -1.89. The standard InChI is InChI=1S/C29H44N2O5/c1-27(2)22-7-5-19-20-6-8-24(35-26(34)10-9-25(32)33)29(20,4)14-11-21(19)28(22,3)15-12-23(27)31-36-18-13-16-30-17-18/h9-10,18-22,24,30H,5-8,11-17H2,1-4H3,(H,32,33)/b10-9+,31-23+/t18-,19-,20-,21-,22?,24-,28+,29-/m0/s1. The summed E-state index contributed by atoms with van der Waals surface area (Å²) in [5, 5.41) is 16.9. The number of aliphatic carboxylic acids is 1. The van der Waals surface area contributed by atoms with Gasteiger partial charge in [0.05, 0.1) is 5.71 Å². The summed E-state index contributed by atoms with van der Waals surface area (Å²) in [4.78, 5) is 29.1. The fourth-order valence-electron chi connectivity index (χ4n) is 9.40. The number of ether oxygens (including phenoxy) is 1. The number of nitrogens with zero attached hydrogens (tertiary/aromatic N) is 1. The quantitative estimate of drug-likeness (QED) is 0.315. The van der Waals surface area contributed by atoms with Crippen LogP contribution in [0, 0.1) is 39.9 Å². The number of nitrogens with one attached hydrogen (secondary N) is 1. The Labute approximate surface area is 215 Å². The second-order valence-electron chi connectivity index (χ2n) is 13.2. The maximum absolute atomic E-state index is 12.3. The van der Waals surface area contributed by atoms with Gasteiger partial charge in [-0.3, -0.25) is 0 Å². The molecule has 0 aromatic carbocycles. The Balaban J connectivity index is 1.30. The second-order valence-corrected chi connectivity index (χ2v) is 13.2. The van der Waals surface area contributed by atoms with Crippen LogP contribution >= 0.6 is 0 Å². The van der Waals surface area contributed by atoms with Crippen LogP contribution in [0.2, 0.25) is 0 Å². The average Bonchev–Trinajstić information content (AvgIpc) is 3.45. The maximum Gasteiger partial charge on any atom is 0.331 e. The van der Waals surface area contributed by atoms with E-state index in [1.165, 1.54) is 31.4 Å². The monoisotopic (exact) mass is 500 g/mol. The molecule has 200 valence electrons. The Bertz CT molecular complexity index is 938. The van der Waals surface area contributed by atoms with E-state index >= 15 is 0 Å². The largest absolute Gasteiger partial charge is 0.478 e. The van der Waals surface area contributed by atoms with Crippen LogP contribution in [-0.4, -0.2) is 48.1 Å². The van der Waals surface area contributed by atoms with E-state index in [1.54, 1.807) is 0 Å². The van der Waals surface area contributed by atoms with Crippen molar-refractivity contribution in [2.45, 2.75) is 97.7 Å². The second kappa shape index (κ2) is 9.45. The molecule has 0 spiro atoms. The smallest absolute Gasteiger partial charge is 0.331 e. The molecule has 1 saturated heterocycles. The van der Waals surface area contributed by atoms with Crippen LogP contribution in [0.3, 0.4) is 0 Å². The Kier molecular flexibility index (Phi) is 6.76. The molecule has 2 N–H and O–H groups in total. The topological polar surface area (TPSA) is 97.2 Å². The highest BCUT2D eigenvalue weighted by atomic mass is 16.6. The zero-order valence-corrected chi connectivity index (χ0v) is 22.4. The number of rotatable bonds is 5. The molecule has 1 aliphatic heterocycles. The molecule has 7 nitrogen and oxygen atoms in total. The van der Waals surface area contributed by atoms with Crippen molar-refractivity contribution in [2.75, 3.05) is 13.1 Å². The zero-order valence-electron chi connectivity index (χ0n) is 22.4. The van der Waals surface area contributed by atoms with Crippen molar-refractivity contribution in [1.29, 1.82) is 0 Å². The molecule has 0 aromatic heterocycles. The van der Waals surface area contributed by atoms with Gasteiger partial charge < -0.3 is 20.0 Å². The third-order valence-corrected chi connectivity index (χ3v) is 11.2. The first-order valence-electron chi connectivity index (χ1n) is 14.1. The van der Waals surface area contributed by atoms with Gasteiger partial charge in [0, 0.05) is 35.9 Å². The summed E-state index contributed by atoms with van der Waals surface area (Å²) in [6, 6.07) is 0. The predicted octanol–water partition coefficient (Wildman–Crippen LogP) is 4.95. The first-order chi connectivity index (χ1) is 17.1. The minimum atomic E-state index is -1.13. The number of oxime groups is 1. The van der Waals surface area contributed by atoms with Crippen molar-refractivity contribution in [3.05, 3.63) is 12.2 Å². The van der Waals surface area contributed by atoms with Gasteiger partial charge in [0.25, 0.3) is 0 Å². The Morgan fingerprint density at radius 1 is 0.972 bits per heavy atom. The number of carbonyl (C=O) groups is 2. The van der Waals surface area contributed by atoms with E-state index in [2.05, 4.69) is 33.0 Å². The SMILES string of the molecule is CC1(C)/C(=N/O[C@H]2CCNC2)CC[C@@]2(C)C1CC[C@H]1[C@@H]3CC[C@H](OC(=O)/C=C/C(=O)O)[C@@]3(C)CC[C@@H]12. The molecule has 4 aliphatic carbocycles. The number of hydrogen-bond donors (Lipinski definition) is 2. The van der Waals surface area contributed by atoms with Crippen molar-refractivity contribution < 1.29 is 24.3 Å². The van der Waals surface area contributed by atoms with Gasteiger partial charge in [-0.15, -0.1) is 0 Å². The van der Waals surface area contributed by atoms with Crippen molar-refractivity contribution in [2.24, 2.45) is 45.1 Å². The number of carboxylic acid groups (broad SMARTS) is 1. The lowest BCUT2D eigenvalue weighted by Gasteiger charge is -2.63. The first kappa shape index (κ1) is 25.7. The molecule has 8 atom stereocenters. The van der Waals surface area contributed by atoms with Crippen LogP contribution in [0.25, 0.3) is 0 Å². The third-order valence-electron chi connectivity index (χ3n) is 11.2. The molecule has 0 bridgehead atoms. The van der Waals surface area contributed by atoms with Crippen molar-refractivity contribution in [3.63, 3.8) is 0 Å². The molecule has 1 unspecified atom stereocenters. The lowest BCUT2D eigenvalue weighted by Crippen LogP contribution is -2.58. The summed E-state index contributed by atoms with van der Waals surface area (Å²) >= 11 is 0. The van der Waals surface area contributed by atoms with Gasteiger partial charge in [-0.2, -0.15) is 0 Å². The number of esters is 1. The van der Waals surface area contributed by atoms with Gasteiger partial charge >= 0.3 is 11.9 Å². The molecule has 0 radical (unpaired) electrons. The average molecular weight is 501 g/mol. The van der Waals surface area contributed by atoms with Crippen LogP contribution in [-0.2, 0) is 19.2 Å². The van der Waals surface area contributed by atoms with Crippen molar-refractivity contribution in [1.82, 2.24) is 5.32 Å². The first-order valence-corrected chi connectivity index (χ1v) is 14.1. The van der Waals surface area contributed by atoms with Crippen LogP contribution in [0.5, 0.6) is 0 Å². The van der Waals surface area contributed by atoms with E-state index in [-0.39, 0.29) is 23.0 Å². The molecule has 36 heavy (non-hydrogen) atoms. The minimum absolute atomic E-state index is 0.0168. The summed E-state index contributed by atoms with van der Waals surface area (Å²) in [7, 11) is 0. The number of hydrogen-bond acceptors (Lipinski definition) is 6. The molecular formula is C29H44N2O5. The molecular weight excluding hydrogens is 456 g/mol. The van der Waals surface area contributed by atoms with Gasteiger partial charge in [-0.05, 0) is 87.0 Å². The summed E-state index contributed by atoms with van der Waals surface area (Å²) in [6.07, 6.45) is 11.9. The Morgan fingerprint density at radius 2 is 1.75 bits per heavy atom. The highest BCUT2D eigenvalue weighted by Gasteiger charge is 2.63. The molecule has 5 rings (SSSR count). The molecule has 7 heteroatoms. The molecule has 4 saturated carbocycles.